The van der Waals surface area contributed by atoms with Gasteiger partial charge < -0.3 is 24.4 Å². The Morgan fingerprint density at radius 2 is 1.73 bits per heavy atom. The minimum atomic E-state index is -0.265. The van der Waals surface area contributed by atoms with E-state index in [0.29, 0.717) is 39.3 Å². The molecule has 0 aliphatic heterocycles. The Bertz CT molecular complexity index is 847. The fourth-order valence-corrected chi connectivity index (χ4v) is 3.54. The third-order valence-electron chi connectivity index (χ3n) is 5.69. The van der Waals surface area contributed by atoms with Gasteiger partial charge in [-0.05, 0) is 56.0 Å². The van der Waals surface area contributed by atoms with Crippen LogP contribution in [0.3, 0.4) is 0 Å². The summed E-state index contributed by atoms with van der Waals surface area (Å²) in [4.78, 5) is 29.8. The number of urea groups is 1. The van der Waals surface area contributed by atoms with Crippen LogP contribution in [0.15, 0.2) is 42.6 Å². The van der Waals surface area contributed by atoms with Crippen molar-refractivity contribution >= 4 is 17.6 Å². The Morgan fingerprint density at radius 1 is 1.00 bits per heavy atom. The molecule has 1 aromatic carbocycles. The lowest BCUT2D eigenvalue weighted by atomic mass is 10.1. The number of rotatable bonds is 14. The van der Waals surface area contributed by atoms with Gasteiger partial charge in [-0.25, -0.2) is 4.79 Å². The molecular weight excluding hydrogens is 416 g/mol. The minimum absolute atomic E-state index is 0.0408. The fourth-order valence-electron chi connectivity index (χ4n) is 3.54. The molecule has 0 atom stereocenters. The van der Waals surface area contributed by atoms with Crippen LogP contribution in [0.2, 0.25) is 0 Å². The topological polar surface area (TPSA) is 66.8 Å². The summed E-state index contributed by atoms with van der Waals surface area (Å²) in [5, 5.41) is 2.95. The second-order valence-electron chi connectivity index (χ2n) is 8.23. The maximum atomic E-state index is 13.3. The molecule has 0 bridgehead atoms. The first-order valence-electron chi connectivity index (χ1n) is 12.1. The molecular formula is C26H40N4O3. The smallest absolute Gasteiger partial charge is 0.322 e. The van der Waals surface area contributed by atoms with Gasteiger partial charge in [0, 0.05) is 50.9 Å². The molecule has 7 nitrogen and oxygen atoms in total. The molecule has 0 unspecified atom stereocenters. The number of ether oxygens (including phenoxy) is 1. The van der Waals surface area contributed by atoms with Crippen molar-refractivity contribution in [3.05, 3.63) is 53.9 Å². The molecule has 1 heterocycles. The molecule has 7 heteroatoms. The number of carbonyl (C=O) groups is 2. The molecule has 0 saturated carbocycles. The van der Waals surface area contributed by atoms with Crippen molar-refractivity contribution in [1.29, 1.82) is 0 Å². The zero-order valence-corrected chi connectivity index (χ0v) is 20.7. The Labute approximate surface area is 198 Å². The van der Waals surface area contributed by atoms with Gasteiger partial charge in [0.25, 0.3) is 0 Å². The predicted octanol–water partition coefficient (Wildman–Crippen LogP) is 4.68. The van der Waals surface area contributed by atoms with Gasteiger partial charge in [0.15, 0.2) is 0 Å². The standard InChI is InChI=1S/C26H40N4O3/c1-5-8-17-29(20-24-11-9-16-28(24)4)25(31)21-30(18-10-19-33-7-3)26(32)27-23-14-12-22(6-2)13-15-23/h9,11-16H,5-8,10,17-21H2,1-4H3,(H,27,32). The van der Waals surface area contributed by atoms with Crippen LogP contribution in [0.4, 0.5) is 10.5 Å². The van der Waals surface area contributed by atoms with E-state index in [1.54, 1.807) is 4.90 Å². The van der Waals surface area contributed by atoms with E-state index < -0.39 is 0 Å². The number of aryl methyl sites for hydroxylation is 2. The van der Waals surface area contributed by atoms with Crippen molar-refractivity contribution in [2.45, 2.75) is 53.0 Å². The van der Waals surface area contributed by atoms with E-state index in [4.69, 9.17) is 4.74 Å². The Balaban J connectivity index is 2.09. The van der Waals surface area contributed by atoms with E-state index in [9.17, 15) is 9.59 Å². The van der Waals surface area contributed by atoms with Crippen LogP contribution in [-0.4, -0.2) is 59.2 Å². The van der Waals surface area contributed by atoms with E-state index in [-0.39, 0.29) is 18.5 Å². The van der Waals surface area contributed by atoms with Crippen LogP contribution in [-0.2, 0) is 29.5 Å². The number of nitrogens with zero attached hydrogens (tertiary/aromatic N) is 3. The highest BCUT2D eigenvalue weighted by Gasteiger charge is 2.22. The number of hydrogen-bond acceptors (Lipinski definition) is 3. The van der Waals surface area contributed by atoms with Gasteiger partial charge in [-0.15, -0.1) is 0 Å². The summed E-state index contributed by atoms with van der Waals surface area (Å²) in [7, 11) is 1.98. The molecule has 1 aromatic heterocycles. The number of aromatic nitrogens is 1. The second-order valence-corrected chi connectivity index (χ2v) is 8.23. The number of anilines is 1. The zero-order chi connectivity index (χ0) is 24.1. The average Bonchev–Trinajstić information content (AvgIpc) is 3.23. The van der Waals surface area contributed by atoms with E-state index in [1.807, 2.05) is 66.0 Å². The first-order chi connectivity index (χ1) is 16.0. The van der Waals surface area contributed by atoms with E-state index in [2.05, 4.69) is 19.2 Å². The summed E-state index contributed by atoms with van der Waals surface area (Å²) in [6, 6.07) is 11.6. The van der Waals surface area contributed by atoms with Gasteiger partial charge in [0.1, 0.15) is 6.54 Å². The number of amides is 3. The van der Waals surface area contributed by atoms with Crippen molar-refractivity contribution in [3.8, 4) is 0 Å². The first kappa shape index (κ1) is 26.5. The van der Waals surface area contributed by atoms with Crippen LogP contribution in [0.25, 0.3) is 0 Å². The Hall–Kier alpha value is -2.80. The number of hydrogen-bond donors (Lipinski definition) is 1. The lowest BCUT2D eigenvalue weighted by molar-refractivity contribution is -0.132. The highest BCUT2D eigenvalue weighted by atomic mass is 16.5. The molecule has 182 valence electrons. The number of benzene rings is 1. The monoisotopic (exact) mass is 456 g/mol. The second kappa shape index (κ2) is 14.4. The van der Waals surface area contributed by atoms with Gasteiger partial charge in [0.05, 0.1) is 6.54 Å². The maximum absolute atomic E-state index is 13.3. The number of nitrogens with one attached hydrogen (secondary N) is 1. The van der Waals surface area contributed by atoms with Crippen molar-refractivity contribution in [2.24, 2.45) is 7.05 Å². The first-order valence-corrected chi connectivity index (χ1v) is 12.1. The molecule has 2 rings (SSSR count). The molecule has 2 aromatic rings. The lowest BCUT2D eigenvalue weighted by Gasteiger charge is -2.28. The van der Waals surface area contributed by atoms with Crippen molar-refractivity contribution in [3.63, 3.8) is 0 Å². The van der Waals surface area contributed by atoms with E-state index >= 15 is 0 Å². The summed E-state index contributed by atoms with van der Waals surface area (Å²) in [5.74, 6) is -0.0439. The molecule has 33 heavy (non-hydrogen) atoms. The largest absolute Gasteiger partial charge is 0.382 e. The fraction of sp³-hybridized carbons (Fsp3) is 0.538. The average molecular weight is 457 g/mol. The predicted molar refractivity (Wildman–Crippen MR) is 133 cm³/mol. The van der Waals surface area contributed by atoms with Crippen LogP contribution in [0.1, 0.15) is 51.3 Å². The van der Waals surface area contributed by atoms with Gasteiger partial charge in [-0.1, -0.05) is 32.4 Å². The van der Waals surface area contributed by atoms with Crippen LogP contribution in [0, 0.1) is 0 Å². The molecule has 0 radical (unpaired) electrons. The van der Waals surface area contributed by atoms with Crippen molar-refractivity contribution < 1.29 is 14.3 Å². The lowest BCUT2D eigenvalue weighted by Crippen LogP contribution is -2.45. The highest BCUT2D eigenvalue weighted by Crippen LogP contribution is 2.12. The third kappa shape index (κ3) is 8.92. The Morgan fingerprint density at radius 3 is 2.33 bits per heavy atom. The molecule has 0 aliphatic rings. The maximum Gasteiger partial charge on any atom is 0.322 e. The minimum Gasteiger partial charge on any atom is -0.382 e. The van der Waals surface area contributed by atoms with Crippen LogP contribution >= 0.6 is 0 Å². The van der Waals surface area contributed by atoms with Crippen LogP contribution < -0.4 is 5.32 Å². The summed E-state index contributed by atoms with van der Waals surface area (Å²) in [5.41, 5.74) is 3.01. The quantitative estimate of drug-likeness (QED) is 0.420. The molecule has 0 fully saturated rings. The van der Waals surface area contributed by atoms with Gasteiger partial charge in [-0.3, -0.25) is 4.79 Å². The Kier molecular flexibility index (Phi) is 11.5. The molecule has 0 aliphatic carbocycles. The molecule has 1 N–H and O–H groups in total. The normalized spacial score (nSPS) is 10.8. The van der Waals surface area contributed by atoms with Gasteiger partial charge >= 0.3 is 6.03 Å². The summed E-state index contributed by atoms with van der Waals surface area (Å²) in [6.07, 6.45) is 5.53. The molecule has 3 amide bonds. The zero-order valence-electron chi connectivity index (χ0n) is 20.7. The third-order valence-corrected chi connectivity index (χ3v) is 5.69. The molecule has 0 spiro atoms. The van der Waals surface area contributed by atoms with Gasteiger partial charge in [0.2, 0.25) is 5.91 Å². The molecule has 0 saturated heterocycles. The van der Waals surface area contributed by atoms with Crippen molar-refractivity contribution in [1.82, 2.24) is 14.4 Å². The number of carbonyl (C=O) groups excluding carboxylic acids is 2. The van der Waals surface area contributed by atoms with Gasteiger partial charge in [-0.2, -0.15) is 0 Å². The highest BCUT2D eigenvalue weighted by molar-refractivity contribution is 5.92. The summed E-state index contributed by atoms with van der Waals surface area (Å²) < 4.78 is 7.47. The van der Waals surface area contributed by atoms with E-state index in [1.165, 1.54) is 5.56 Å². The van der Waals surface area contributed by atoms with Crippen molar-refractivity contribution in [2.75, 3.05) is 38.2 Å². The SMILES string of the molecule is CCCCN(Cc1cccn1C)C(=O)CN(CCCOCC)C(=O)Nc1ccc(CC)cc1. The van der Waals surface area contributed by atoms with Crippen LogP contribution in [0.5, 0.6) is 0 Å². The summed E-state index contributed by atoms with van der Waals surface area (Å²) >= 11 is 0. The number of unbranched alkanes of at least 4 members (excludes halogenated alkanes) is 1. The summed E-state index contributed by atoms with van der Waals surface area (Å²) in [6.45, 7) is 9.06. The van der Waals surface area contributed by atoms with E-state index in [0.717, 1.165) is 30.6 Å².